The molecular weight excluding hydrogens is 382 g/mol. The summed E-state index contributed by atoms with van der Waals surface area (Å²) in [5.74, 6) is -0.922. The van der Waals surface area contributed by atoms with E-state index in [2.05, 4.69) is 5.32 Å². The highest BCUT2D eigenvalue weighted by atomic mass is 32.2. The molecule has 0 bridgehead atoms. The summed E-state index contributed by atoms with van der Waals surface area (Å²) in [5, 5.41) is 14.5. The Balaban J connectivity index is 1.73. The minimum atomic E-state index is -1.32. The van der Waals surface area contributed by atoms with Gasteiger partial charge in [0.25, 0.3) is 5.91 Å². The Kier molecular flexibility index (Phi) is 6.28. The quantitative estimate of drug-likeness (QED) is 0.655. The number of ether oxygens (including phenoxy) is 1. The fourth-order valence-electron chi connectivity index (χ4n) is 3.37. The topological polar surface area (TPSA) is 109 Å². The van der Waals surface area contributed by atoms with Gasteiger partial charge in [0, 0.05) is 17.0 Å². The SMILES string of the molecule is CSCC[C@H](NC(=O)[C@H](C)Oc1ccc2c3c(c(=O)oc2c1)CCC3)C(=O)[O-]. The van der Waals surface area contributed by atoms with Crippen LogP contribution in [0, 0.1) is 0 Å². The second kappa shape index (κ2) is 8.68. The molecule has 2 aromatic rings. The molecule has 0 fully saturated rings. The van der Waals surface area contributed by atoms with Crippen molar-refractivity contribution in [1.29, 1.82) is 0 Å². The van der Waals surface area contributed by atoms with Crippen LogP contribution in [0.15, 0.2) is 27.4 Å². The Morgan fingerprint density at radius 2 is 2.07 bits per heavy atom. The van der Waals surface area contributed by atoms with E-state index < -0.39 is 24.0 Å². The van der Waals surface area contributed by atoms with Crippen molar-refractivity contribution < 1.29 is 23.8 Å². The van der Waals surface area contributed by atoms with Crippen molar-refractivity contribution in [1.82, 2.24) is 5.32 Å². The van der Waals surface area contributed by atoms with Crippen molar-refractivity contribution in [3.05, 3.63) is 39.7 Å². The van der Waals surface area contributed by atoms with Gasteiger partial charge in [0.1, 0.15) is 11.3 Å². The van der Waals surface area contributed by atoms with Gasteiger partial charge in [-0.3, -0.25) is 4.79 Å². The summed E-state index contributed by atoms with van der Waals surface area (Å²) in [4.78, 5) is 35.6. The number of carbonyl (C=O) groups excluding carboxylic acids is 2. The van der Waals surface area contributed by atoms with E-state index in [1.54, 1.807) is 12.1 Å². The molecule has 28 heavy (non-hydrogen) atoms. The number of aliphatic carboxylic acids is 1. The van der Waals surface area contributed by atoms with Crippen LogP contribution < -0.4 is 20.8 Å². The first-order valence-electron chi connectivity index (χ1n) is 9.16. The fraction of sp³-hybridized carbons (Fsp3) is 0.450. The molecule has 0 saturated carbocycles. The van der Waals surface area contributed by atoms with Crippen molar-refractivity contribution in [3.8, 4) is 5.75 Å². The minimum absolute atomic E-state index is 0.272. The van der Waals surface area contributed by atoms with E-state index in [9.17, 15) is 19.5 Å². The average Bonchev–Trinajstić information content (AvgIpc) is 3.15. The van der Waals surface area contributed by atoms with E-state index in [-0.39, 0.29) is 12.0 Å². The lowest BCUT2D eigenvalue weighted by Crippen LogP contribution is -2.51. The van der Waals surface area contributed by atoms with E-state index >= 15 is 0 Å². The van der Waals surface area contributed by atoms with Crippen LogP contribution >= 0.6 is 11.8 Å². The lowest BCUT2D eigenvalue weighted by Gasteiger charge is -2.22. The monoisotopic (exact) mass is 404 g/mol. The Bertz CT molecular complexity index is 954. The number of benzene rings is 1. The van der Waals surface area contributed by atoms with Crippen molar-refractivity contribution in [3.63, 3.8) is 0 Å². The molecule has 8 heteroatoms. The van der Waals surface area contributed by atoms with Crippen molar-refractivity contribution in [2.45, 2.75) is 44.8 Å². The third-order valence-corrected chi connectivity index (χ3v) is 5.48. The molecule has 1 N–H and O–H groups in total. The molecule has 1 aliphatic rings. The van der Waals surface area contributed by atoms with E-state index in [4.69, 9.17) is 9.15 Å². The lowest BCUT2D eigenvalue weighted by molar-refractivity contribution is -0.308. The number of carboxylic acid groups (broad SMARTS) is 1. The molecule has 1 amide bonds. The fourth-order valence-corrected chi connectivity index (χ4v) is 3.84. The Morgan fingerprint density at radius 1 is 1.32 bits per heavy atom. The zero-order chi connectivity index (χ0) is 20.3. The number of nitrogens with one attached hydrogen (secondary N) is 1. The van der Waals surface area contributed by atoms with Gasteiger partial charge in [0.15, 0.2) is 6.10 Å². The average molecular weight is 404 g/mol. The van der Waals surface area contributed by atoms with Crippen molar-refractivity contribution in [2.75, 3.05) is 12.0 Å². The van der Waals surface area contributed by atoms with Crippen LogP contribution in [0.4, 0.5) is 0 Å². The van der Waals surface area contributed by atoms with E-state index in [1.165, 1.54) is 18.7 Å². The second-order valence-electron chi connectivity index (χ2n) is 6.78. The molecule has 150 valence electrons. The molecule has 7 nitrogen and oxygen atoms in total. The van der Waals surface area contributed by atoms with E-state index in [0.717, 1.165) is 35.8 Å². The van der Waals surface area contributed by atoms with Crippen LogP contribution in [-0.2, 0) is 22.4 Å². The van der Waals surface area contributed by atoms with Crippen LogP contribution in [0.2, 0.25) is 0 Å². The number of hydrogen-bond acceptors (Lipinski definition) is 7. The Hall–Kier alpha value is -2.48. The number of hydrogen-bond donors (Lipinski definition) is 1. The molecule has 0 radical (unpaired) electrons. The molecule has 2 atom stereocenters. The van der Waals surface area contributed by atoms with Crippen LogP contribution in [0.25, 0.3) is 11.0 Å². The number of carbonyl (C=O) groups is 2. The van der Waals surface area contributed by atoms with Gasteiger partial charge in [0.05, 0.1) is 12.0 Å². The Labute approximate surface area is 166 Å². The van der Waals surface area contributed by atoms with Gasteiger partial charge < -0.3 is 24.4 Å². The normalized spacial score (nSPS) is 15.1. The van der Waals surface area contributed by atoms with Crippen molar-refractivity contribution in [2.24, 2.45) is 0 Å². The number of thioether (sulfide) groups is 1. The molecular formula is C20H22NO6S-. The van der Waals surface area contributed by atoms with E-state index in [1.807, 2.05) is 12.3 Å². The van der Waals surface area contributed by atoms with Gasteiger partial charge in [-0.1, -0.05) is 0 Å². The number of rotatable bonds is 8. The van der Waals surface area contributed by atoms with Crippen LogP contribution in [0.5, 0.6) is 5.75 Å². The molecule has 0 unspecified atom stereocenters. The highest BCUT2D eigenvalue weighted by Gasteiger charge is 2.22. The predicted molar refractivity (Wildman–Crippen MR) is 105 cm³/mol. The summed E-state index contributed by atoms with van der Waals surface area (Å²) in [6, 6.07) is 4.06. The number of amides is 1. The van der Waals surface area contributed by atoms with Gasteiger partial charge >= 0.3 is 5.63 Å². The lowest BCUT2D eigenvalue weighted by atomic mass is 10.1. The summed E-state index contributed by atoms with van der Waals surface area (Å²) in [5.41, 5.74) is 1.86. The summed E-state index contributed by atoms with van der Waals surface area (Å²) >= 11 is 1.49. The maximum atomic E-state index is 12.3. The molecule has 3 rings (SSSR count). The molecule has 0 aliphatic heterocycles. The summed E-state index contributed by atoms with van der Waals surface area (Å²) in [6.45, 7) is 1.53. The van der Waals surface area contributed by atoms with E-state index in [0.29, 0.717) is 17.1 Å². The Morgan fingerprint density at radius 3 is 2.79 bits per heavy atom. The molecule has 1 aliphatic carbocycles. The maximum absolute atomic E-state index is 12.3. The van der Waals surface area contributed by atoms with Gasteiger partial charge in [-0.05, 0) is 62.3 Å². The smallest absolute Gasteiger partial charge is 0.339 e. The summed E-state index contributed by atoms with van der Waals surface area (Å²) in [7, 11) is 0. The number of fused-ring (bicyclic) bond motifs is 3. The number of aryl methyl sites for hydroxylation is 1. The highest BCUT2D eigenvalue weighted by Crippen LogP contribution is 2.29. The highest BCUT2D eigenvalue weighted by molar-refractivity contribution is 7.98. The zero-order valence-electron chi connectivity index (χ0n) is 15.8. The maximum Gasteiger partial charge on any atom is 0.339 e. The molecule has 1 aromatic heterocycles. The largest absolute Gasteiger partial charge is 0.548 e. The van der Waals surface area contributed by atoms with Crippen LogP contribution in [0.3, 0.4) is 0 Å². The minimum Gasteiger partial charge on any atom is -0.548 e. The standard InChI is InChI=1S/C20H23NO6S/c1-11(18(22)21-16(19(23)24)8-9-28-2)26-12-6-7-14-13-4-3-5-15(13)20(25)27-17(14)10-12/h6-7,10-11,16H,3-5,8-9H2,1-2H3,(H,21,22)(H,23,24)/p-1/t11-,16-/m0/s1. The van der Waals surface area contributed by atoms with Gasteiger partial charge in [-0.25, -0.2) is 4.79 Å². The van der Waals surface area contributed by atoms with Gasteiger partial charge in [0.2, 0.25) is 0 Å². The first kappa shape index (κ1) is 20.3. The first-order chi connectivity index (χ1) is 13.4. The van der Waals surface area contributed by atoms with Crippen LogP contribution in [0.1, 0.15) is 30.9 Å². The second-order valence-corrected chi connectivity index (χ2v) is 7.77. The summed E-state index contributed by atoms with van der Waals surface area (Å²) in [6.07, 6.45) is 3.72. The predicted octanol–water partition coefficient (Wildman–Crippen LogP) is 1.04. The molecule has 0 spiro atoms. The number of carboxylic acids is 1. The van der Waals surface area contributed by atoms with Crippen LogP contribution in [-0.4, -0.2) is 36.0 Å². The zero-order valence-corrected chi connectivity index (χ0v) is 16.6. The summed E-state index contributed by atoms with van der Waals surface area (Å²) < 4.78 is 11.0. The first-order valence-corrected chi connectivity index (χ1v) is 10.6. The molecule has 1 heterocycles. The molecule has 1 aromatic carbocycles. The third kappa shape index (κ3) is 4.32. The van der Waals surface area contributed by atoms with Crippen molar-refractivity contribution >= 4 is 34.6 Å². The third-order valence-electron chi connectivity index (χ3n) is 4.84. The van der Waals surface area contributed by atoms with Gasteiger partial charge in [-0.15, -0.1) is 0 Å². The molecule has 0 saturated heterocycles. The van der Waals surface area contributed by atoms with Gasteiger partial charge in [-0.2, -0.15) is 11.8 Å².